The summed E-state index contributed by atoms with van der Waals surface area (Å²) in [6.45, 7) is 41.9. The molecular formula is C63H70Br4KN13O7. The van der Waals surface area contributed by atoms with Crippen LogP contribution in [-0.4, -0.2) is 86.9 Å². The predicted octanol–water partition coefficient (Wildman–Crippen LogP) is 10.9. The normalized spacial score (nSPS) is 13.8. The molecule has 0 aliphatic carbocycles. The van der Waals surface area contributed by atoms with E-state index in [0.717, 1.165) is 79.9 Å². The number of nitrogens with zero attached hydrogens (tertiary/aromatic N) is 10. The number of nitrogen functional groups attached to an aromatic ring is 2. The summed E-state index contributed by atoms with van der Waals surface area (Å²) in [5, 5.41) is 29.8. The van der Waals surface area contributed by atoms with Crippen molar-refractivity contribution in [1.82, 2.24) is 19.1 Å². The molecule has 20 nitrogen and oxygen atoms in total. The molecular weight excluding hydrogens is 1410 g/mol. The van der Waals surface area contributed by atoms with Crippen LogP contribution in [0.4, 0.5) is 28.7 Å². The van der Waals surface area contributed by atoms with Gasteiger partial charge in [0.05, 0.1) is 68.4 Å². The van der Waals surface area contributed by atoms with Crippen molar-refractivity contribution in [3.8, 4) is 17.4 Å². The average molecular weight is 1480 g/mol. The zero-order chi connectivity index (χ0) is 62.4. The standard InChI is InChI=1S/C14H11BrN4O.2C13H10BrN3O.C8H7BrN2.C5H5NO2.C4H10O.C4H9O.2CH4.K/c15-8-1-3-9(4-2-8)19-11-6-20-5-10(11)12-13(19)14(16)18-7-17-12;1-16-13-12(15)10-6-18-7-11(10)17(13)9-4-2-8(14)3-5-9;1-15-9-17(11-5-3-10(14)4-6-11)13-8-18-7-12(13)16-2;9-7-1-3-8(4-2-7)11-6-5-10;1-6-4-2-8-3-5(4)7;2*1-4(2,3)5;;;/h1-4,7H,5-6H2,(H2,16,17,18);2-5H,6-7,15H2;3-6H,7-9H2;1-4,11H,6H2;4H,2-3H2;5H,1-3H3;1-3H3;2*1H4;/q;;;;;;-1;;;+1. The first-order valence-electron chi connectivity index (χ1n) is 25.9. The number of benzene rings is 4. The van der Waals surface area contributed by atoms with Crippen LogP contribution in [0.3, 0.4) is 0 Å². The van der Waals surface area contributed by atoms with Gasteiger partial charge in [-0.2, -0.15) is 5.26 Å². The van der Waals surface area contributed by atoms with E-state index in [0.29, 0.717) is 75.8 Å². The fourth-order valence-electron chi connectivity index (χ4n) is 7.92. The van der Waals surface area contributed by atoms with E-state index >= 15 is 0 Å². The van der Waals surface area contributed by atoms with Gasteiger partial charge in [-0.05, 0) is 118 Å². The molecule has 7 aromatic rings. The number of halogens is 4. The fourth-order valence-corrected chi connectivity index (χ4v) is 8.98. The van der Waals surface area contributed by atoms with Gasteiger partial charge in [-0.15, -0.1) is 5.60 Å². The van der Waals surface area contributed by atoms with Crippen molar-refractivity contribution < 1.29 is 85.3 Å². The Hall–Kier alpha value is -5.84. The maximum Gasteiger partial charge on any atom is 1.00 e. The van der Waals surface area contributed by atoms with Crippen LogP contribution < -0.4 is 78.2 Å². The van der Waals surface area contributed by atoms with Gasteiger partial charge < -0.3 is 60.2 Å². The van der Waals surface area contributed by atoms with E-state index in [9.17, 15) is 9.90 Å². The summed E-state index contributed by atoms with van der Waals surface area (Å²) in [6, 6.07) is 32.8. The smallest absolute Gasteiger partial charge is 0.850 e. The third-order valence-corrected chi connectivity index (χ3v) is 13.6. The van der Waals surface area contributed by atoms with Crippen molar-refractivity contribution in [3.05, 3.63) is 201 Å². The van der Waals surface area contributed by atoms with Gasteiger partial charge in [-0.3, -0.25) is 19.1 Å². The van der Waals surface area contributed by atoms with Crippen LogP contribution in [-0.2, 0) is 50.2 Å². The number of aromatic nitrogens is 4. The fraction of sp³-hybridized carbons (Fsp3) is 0.333. The van der Waals surface area contributed by atoms with Crippen molar-refractivity contribution in [2.75, 3.05) is 61.3 Å². The number of rotatable bonds is 7. The Bertz CT molecular complexity index is 3620. The molecule has 458 valence electrons. The Morgan fingerprint density at radius 2 is 1.19 bits per heavy atom. The molecule has 0 spiro atoms. The molecule has 3 aromatic heterocycles. The summed E-state index contributed by atoms with van der Waals surface area (Å²) < 4.78 is 29.0. The number of fused-ring (bicyclic) bond motifs is 4. The monoisotopic (exact) mass is 1480 g/mol. The number of aliphatic hydroxyl groups is 1. The minimum atomic E-state index is -0.750. The molecule has 25 heteroatoms. The summed E-state index contributed by atoms with van der Waals surface area (Å²) in [7, 11) is 0. The molecule has 0 bridgehead atoms. The van der Waals surface area contributed by atoms with Gasteiger partial charge in [0.1, 0.15) is 55.1 Å². The number of ketones is 1. The van der Waals surface area contributed by atoms with Crippen molar-refractivity contribution >= 4 is 109 Å². The second-order valence-electron chi connectivity index (χ2n) is 20.4. The maximum atomic E-state index is 10.5. The van der Waals surface area contributed by atoms with Crippen molar-refractivity contribution in [1.29, 1.82) is 5.26 Å². The van der Waals surface area contributed by atoms with Crippen LogP contribution >= 0.6 is 63.7 Å². The second kappa shape index (κ2) is 38.0. The summed E-state index contributed by atoms with van der Waals surface area (Å²) in [5.41, 5.74) is 22.5. The molecule has 4 aliphatic rings. The van der Waals surface area contributed by atoms with Crippen LogP contribution in [0.1, 0.15) is 78.9 Å². The molecule has 0 amide bonds. The molecule has 1 fully saturated rings. The van der Waals surface area contributed by atoms with Crippen molar-refractivity contribution in [3.63, 3.8) is 0 Å². The first-order chi connectivity index (χ1) is 40.4. The summed E-state index contributed by atoms with van der Waals surface area (Å²) in [6.07, 6.45) is 1.50. The number of anilines is 4. The number of nitrogens with two attached hydrogens (primary N) is 2. The Morgan fingerprint density at radius 3 is 1.65 bits per heavy atom. The molecule has 1 saturated heterocycles. The summed E-state index contributed by atoms with van der Waals surface area (Å²) in [4.78, 5) is 34.3. The maximum absolute atomic E-state index is 10.5. The van der Waals surface area contributed by atoms with Gasteiger partial charge >= 0.3 is 57.4 Å². The minimum absolute atomic E-state index is 0. The van der Waals surface area contributed by atoms with Crippen LogP contribution in [0.25, 0.3) is 41.8 Å². The molecule has 4 aliphatic heterocycles. The van der Waals surface area contributed by atoms with E-state index < -0.39 is 17.2 Å². The molecule has 1 atom stereocenters. The topological polar surface area (TPSA) is 241 Å². The van der Waals surface area contributed by atoms with E-state index in [1.165, 1.54) is 6.33 Å². The molecule has 4 aromatic carbocycles. The number of nitriles is 1. The van der Waals surface area contributed by atoms with Gasteiger partial charge in [0.15, 0.2) is 5.82 Å². The number of Topliss-reactive ketones (excluding diaryl/α,β-unsaturated/α-hetero) is 1. The van der Waals surface area contributed by atoms with Gasteiger partial charge in [-0.25, -0.2) is 28.0 Å². The Labute approximate surface area is 592 Å². The molecule has 6 N–H and O–H groups in total. The number of ether oxygens (including phenoxy) is 4. The first kappa shape index (κ1) is 78.3. The van der Waals surface area contributed by atoms with Crippen LogP contribution in [0, 0.1) is 37.6 Å². The molecule has 0 saturated carbocycles. The third kappa shape index (κ3) is 23.8. The SMILES string of the molecule is C.C.CC(C)(C)O.CC(C)(C)[O-].N#CCNc1ccc(Br)cc1.Nc1ncnc2c3c(n(-c4ccc(Br)cc4)c12)COC3.[C-]#[N+]C1COCC1=O.[C-]#[N+]CN(C1=C([N+]#[C-])COC1)c1ccc(Br)cc1.[C-]#[N+]c1c(N)c2c(n1-c1ccc(Br)cc1)COC2.[K+]. The quantitative estimate of drug-likeness (QED) is 0.0659. The predicted molar refractivity (Wildman–Crippen MR) is 354 cm³/mol. The zero-order valence-electron chi connectivity index (χ0n) is 48.5. The number of carbonyl (C=O) groups excluding carboxylic acids is 1. The van der Waals surface area contributed by atoms with E-state index in [1.54, 1.807) is 41.5 Å². The second-order valence-corrected chi connectivity index (χ2v) is 24.1. The van der Waals surface area contributed by atoms with Crippen molar-refractivity contribution in [2.24, 2.45) is 0 Å². The van der Waals surface area contributed by atoms with Gasteiger partial charge in [0, 0.05) is 46.1 Å². The zero-order valence-corrected chi connectivity index (χ0v) is 58.0. The number of nitrogens with one attached hydrogen (secondary N) is 1. The van der Waals surface area contributed by atoms with Crippen LogP contribution in [0.15, 0.2) is 133 Å². The number of hydrogen-bond donors (Lipinski definition) is 4. The molecule has 11 rings (SSSR count). The van der Waals surface area contributed by atoms with Crippen LogP contribution in [0.5, 0.6) is 0 Å². The molecule has 0 radical (unpaired) electrons. The van der Waals surface area contributed by atoms with Gasteiger partial charge in [0.25, 0.3) is 12.5 Å². The van der Waals surface area contributed by atoms with E-state index in [-0.39, 0.29) is 85.3 Å². The number of carbonyl (C=O) groups is 1. The largest absolute Gasteiger partial charge is 1.00 e. The third-order valence-electron chi connectivity index (χ3n) is 11.5. The van der Waals surface area contributed by atoms with Gasteiger partial charge in [-0.1, -0.05) is 106 Å². The van der Waals surface area contributed by atoms with Crippen molar-refractivity contribution in [2.45, 2.75) is 100 Å². The summed E-state index contributed by atoms with van der Waals surface area (Å²) in [5.74, 6) is 0.887. The molecule has 88 heavy (non-hydrogen) atoms. The Balaban J connectivity index is 0.000000366. The summed E-state index contributed by atoms with van der Waals surface area (Å²) >= 11 is 13.6. The minimum Gasteiger partial charge on any atom is -0.850 e. The molecule has 7 heterocycles. The first-order valence-corrected chi connectivity index (χ1v) is 29.1. The Morgan fingerprint density at radius 1 is 0.716 bits per heavy atom. The van der Waals surface area contributed by atoms with E-state index in [4.69, 9.17) is 67.1 Å². The number of hydrogen-bond acceptors (Lipinski definition) is 14. The van der Waals surface area contributed by atoms with E-state index in [1.807, 2.05) is 113 Å². The molecule has 1 unspecified atom stereocenters. The van der Waals surface area contributed by atoms with Gasteiger partial charge in [0.2, 0.25) is 11.5 Å². The average Bonchev–Trinajstić information content (AvgIpc) is 2.02. The Kier molecular flexibility index (Phi) is 33.8. The van der Waals surface area contributed by atoms with E-state index in [2.05, 4.69) is 103 Å². The van der Waals surface area contributed by atoms with Crippen LogP contribution in [0.2, 0.25) is 0 Å².